The highest BCUT2D eigenvalue weighted by molar-refractivity contribution is 6.21. The number of hydrogen-bond donors (Lipinski definition) is 0. The minimum Gasteiger partial charge on any atom is -0.292 e. The van der Waals surface area contributed by atoms with Gasteiger partial charge in [0.15, 0.2) is 11.6 Å². The summed E-state index contributed by atoms with van der Waals surface area (Å²) in [6.07, 6.45) is 7.43. The Bertz CT molecular complexity index is 2170. The first-order valence-electron chi connectivity index (χ1n) is 18.6. The summed E-state index contributed by atoms with van der Waals surface area (Å²) in [5.41, 5.74) is -1.38. The molecule has 0 bridgehead atoms. The monoisotopic (exact) mass is 795 g/mol. The van der Waals surface area contributed by atoms with E-state index in [0.29, 0.717) is 28.7 Å². The van der Waals surface area contributed by atoms with Gasteiger partial charge in [0.25, 0.3) is 0 Å². The molecule has 2 aliphatic heterocycles. The van der Waals surface area contributed by atoms with Gasteiger partial charge in [0, 0.05) is 25.2 Å². The standard InChI is InChI=1S/C21H20FN2O4.C21H19FN2O4.C2H6/c1-21(12-14-7-6-10-16(22)11-14)18(26)23(2)20(28)24(19(21)27)13-17(25)15-8-4-3-5-9-15;1-21(12-14-8-10-16(22)11-9-14)18(26)23(2)20(28)24(19(21)27)13-17(25)15-6-4-3-5-7-15;1-2/h3-4,6-11H,5,12-13H2,1-2H3;3-11H,12-13H2,1-2H3;1-2H3. The summed E-state index contributed by atoms with van der Waals surface area (Å²) >= 11 is 0. The van der Waals surface area contributed by atoms with Gasteiger partial charge in [0.05, 0.1) is 13.1 Å². The maximum Gasteiger partial charge on any atom is 0.333 e. The van der Waals surface area contributed by atoms with E-state index < -0.39 is 77.0 Å². The summed E-state index contributed by atoms with van der Waals surface area (Å²) in [6.45, 7) is 5.93. The molecule has 0 aromatic heterocycles. The average molecular weight is 796 g/mol. The van der Waals surface area contributed by atoms with Crippen molar-refractivity contribution >= 4 is 47.3 Å². The maximum atomic E-state index is 13.5. The van der Waals surface area contributed by atoms with E-state index in [1.165, 1.54) is 70.4 Å². The fraction of sp³-hybridized carbons (Fsp3) is 0.295. The van der Waals surface area contributed by atoms with Crippen LogP contribution >= 0.6 is 0 Å². The maximum absolute atomic E-state index is 13.5. The molecule has 2 unspecified atom stereocenters. The number of carbonyl (C=O) groups is 8. The van der Waals surface area contributed by atoms with Crippen molar-refractivity contribution in [2.75, 3.05) is 27.2 Å². The topological polar surface area (TPSA) is 150 Å². The second-order valence-corrected chi connectivity index (χ2v) is 14.1. The zero-order valence-electron chi connectivity index (χ0n) is 33.2. The Kier molecular flexibility index (Phi) is 14.3. The number of hydrogen-bond acceptors (Lipinski definition) is 8. The van der Waals surface area contributed by atoms with Crippen molar-refractivity contribution in [2.24, 2.45) is 10.8 Å². The lowest BCUT2D eigenvalue weighted by molar-refractivity contribution is -0.158. The highest BCUT2D eigenvalue weighted by Crippen LogP contribution is 2.34. The van der Waals surface area contributed by atoms with Crippen molar-refractivity contribution in [1.82, 2.24) is 19.6 Å². The lowest BCUT2D eigenvalue weighted by atomic mass is 9.79. The Balaban J connectivity index is 0.000000246. The molecule has 3 aromatic rings. The van der Waals surface area contributed by atoms with Gasteiger partial charge in [-0.05, 0) is 74.9 Å². The van der Waals surface area contributed by atoms with Crippen molar-refractivity contribution < 1.29 is 47.1 Å². The van der Waals surface area contributed by atoms with Gasteiger partial charge in [-0.2, -0.15) is 0 Å². The number of nitrogens with zero attached hydrogens (tertiary/aromatic N) is 4. The Labute approximate surface area is 335 Å². The Morgan fingerprint density at radius 3 is 1.64 bits per heavy atom. The quantitative estimate of drug-likeness (QED) is 0.175. The van der Waals surface area contributed by atoms with Crippen molar-refractivity contribution in [1.29, 1.82) is 0 Å². The summed E-state index contributed by atoms with van der Waals surface area (Å²) in [5.74, 6) is -4.55. The first-order valence-corrected chi connectivity index (χ1v) is 18.6. The van der Waals surface area contributed by atoms with Crippen LogP contribution in [0.2, 0.25) is 0 Å². The van der Waals surface area contributed by atoms with Crippen LogP contribution in [-0.2, 0) is 36.8 Å². The summed E-state index contributed by atoms with van der Waals surface area (Å²) in [5, 5.41) is 0. The number of benzene rings is 3. The fourth-order valence-electron chi connectivity index (χ4n) is 6.69. The molecule has 8 amide bonds. The molecule has 58 heavy (non-hydrogen) atoms. The van der Waals surface area contributed by atoms with E-state index in [0.717, 1.165) is 19.6 Å². The lowest BCUT2D eigenvalue weighted by Gasteiger charge is -2.41. The zero-order chi connectivity index (χ0) is 42.9. The smallest absolute Gasteiger partial charge is 0.292 e. The van der Waals surface area contributed by atoms with Crippen LogP contribution in [0.4, 0.5) is 18.4 Å². The third-order valence-corrected chi connectivity index (χ3v) is 9.85. The van der Waals surface area contributed by atoms with Crippen LogP contribution < -0.4 is 0 Å². The molecule has 0 N–H and O–H groups in total. The van der Waals surface area contributed by atoms with E-state index in [9.17, 15) is 47.1 Å². The third kappa shape index (κ3) is 9.39. The molecule has 12 nitrogen and oxygen atoms in total. The molecular weight excluding hydrogens is 750 g/mol. The van der Waals surface area contributed by atoms with Crippen LogP contribution in [-0.4, -0.2) is 94.0 Å². The highest BCUT2D eigenvalue weighted by atomic mass is 19.1. The molecule has 1 radical (unpaired) electrons. The predicted octanol–water partition coefficient (Wildman–Crippen LogP) is 6.16. The molecule has 0 saturated carbocycles. The molecule has 2 heterocycles. The number of carbonyl (C=O) groups excluding carboxylic acids is 8. The van der Waals surface area contributed by atoms with E-state index in [1.54, 1.807) is 55.0 Å². The number of halogens is 2. The fourth-order valence-corrected chi connectivity index (χ4v) is 6.69. The minimum absolute atomic E-state index is 0.0153. The van der Waals surface area contributed by atoms with Gasteiger partial charge in [-0.3, -0.25) is 48.4 Å². The van der Waals surface area contributed by atoms with E-state index in [1.807, 2.05) is 19.9 Å². The molecule has 0 spiro atoms. The number of ketones is 2. The molecule has 1 aliphatic carbocycles. The van der Waals surface area contributed by atoms with Gasteiger partial charge < -0.3 is 0 Å². The van der Waals surface area contributed by atoms with Crippen molar-refractivity contribution in [3.05, 3.63) is 137 Å². The van der Waals surface area contributed by atoms with Crippen LogP contribution in [0, 0.1) is 28.9 Å². The number of urea groups is 2. The number of amides is 8. The van der Waals surface area contributed by atoms with Crippen LogP contribution in [0.1, 0.15) is 55.6 Å². The minimum atomic E-state index is -1.61. The SMILES string of the molecule is CC.CN1C(=O)N(CC(=O)C2=CC=CC[CH]2)C(=O)C(C)(Cc2cccc(F)c2)C1=O.CN1C(=O)N(CC(=O)c2ccccc2)C(=O)C(C)(Cc2ccc(F)cc2)C1=O. The summed E-state index contributed by atoms with van der Waals surface area (Å²) < 4.78 is 26.7. The molecule has 2 fully saturated rings. The Hall–Kier alpha value is -6.44. The van der Waals surface area contributed by atoms with Crippen molar-refractivity contribution in [3.63, 3.8) is 0 Å². The lowest BCUT2D eigenvalue weighted by Crippen LogP contribution is -2.64. The van der Waals surface area contributed by atoms with E-state index in [-0.39, 0.29) is 18.6 Å². The third-order valence-electron chi connectivity index (χ3n) is 9.85. The van der Waals surface area contributed by atoms with Gasteiger partial charge in [0.2, 0.25) is 23.6 Å². The Morgan fingerprint density at radius 1 is 0.621 bits per heavy atom. The summed E-state index contributed by atoms with van der Waals surface area (Å²) in [7, 11) is 2.55. The van der Waals surface area contributed by atoms with Gasteiger partial charge in [-0.1, -0.05) is 86.7 Å². The molecule has 2 saturated heterocycles. The Morgan fingerprint density at radius 2 is 1.14 bits per heavy atom. The molecule has 6 rings (SSSR count). The number of barbiturate groups is 2. The first kappa shape index (κ1) is 44.3. The zero-order valence-corrected chi connectivity index (χ0v) is 33.2. The predicted molar refractivity (Wildman–Crippen MR) is 209 cm³/mol. The van der Waals surface area contributed by atoms with E-state index in [4.69, 9.17) is 0 Å². The van der Waals surface area contributed by atoms with Crippen LogP contribution in [0.25, 0.3) is 0 Å². The number of allylic oxidation sites excluding steroid dienone is 3. The van der Waals surface area contributed by atoms with E-state index >= 15 is 0 Å². The first-order chi connectivity index (χ1) is 27.5. The second kappa shape index (κ2) is 18.7. The van der Waals surface area contributed by atoms with Crippen molar-refractivity contribution in [3.8, 4) is 0 Å². The average Bonchev–Trinajstić information content (AvgIpc) is 3.23. The van der Waals surface area contributed by atoms with Crippen LogP contribution in [0.5, 0.6) is 0 Å². The molecule has 3 aromatic carbocycles. The normalized spacial score (nSPS) is 20.6. The largest absolute Gasteiger partial charge is 0.333 e. The van der Waals surface area contributed by atoms with Gasteiger partial charge in [-0.25, -0.2) is 18.4 Å². The number of imide groups is 4. The number of rotatable bonds is 10. The van der Waals surface area contributed by atoms with Crippen molar-refractivity contribution in [2.45, 2.75) is 47.0 Å². The number of Topliss-reactive ketones (excluding diaryl/α,β-unsaturated/α-hetero) is 2. The van der Waals surface area contributed by atoms with Gasteiger partial charge in [-0.15, -0.1) is 0 Å². The van der Waals surface area contributed by atoms with E-state index in [2.05, 4.69) is 0 Å². The molecule has 303 valence electrons. The van der Waals surface area contributed by atoms with Crippen LogP contribution in [0.3, 0.4) is 0 Å². The molecular formula is C44H45F2N4O8. The van der Waals surface area contributed by atoms with Gasteiger partial charge in [0.1, 0.15) is 22.5 Å². The molecule has 2 atom stereocenters. The second-order valence-electron chi connectivity index (χ2n) is 14.1. The summed E-state index contributed by atoms with van der Waals surface area (Å²) in [4.78, 5) is 105. The van der Waals surface area contributed by atoms with Gasteiger partial charge >= 0.3 is 12.1 Å². The van der Waals surface area contributed by atoms with Crippen LogP contribution in [0.15, 0.2) is 103 Å². The molecule has 14 heteroatoms. The highest BCUT2D eigenvalue weighted by Gasteiger charge is 2.55. The summed E-state index contributed by atoms with van der Waals surface area (Å²) in [6, 6.07) is 17.7. The molecule has 3 aliphatic rings.